The Balaban J connectivity index is 1.31. The molecule has 0 radical (unpaired) electrons. The Morgan fingerprint density at radius 3 is 2.50 bits per heavy atom. The van der Waals surface area contributed by atoms with E-state index in [1.807, 2.05) is 32.0 Å². The molecule has 5 aliphatic rings. The summed E-state index contributed by atoms with van der Waals surface area (Å²) in [4.78, 5) is 25.0. The summed E-state index contributed by atoms with van der Waals surface area (Å²) in [5, 5.41) is 2.96. The van der Waals surface area contributed by atoms with E-state index in [2.05, 4.69) is 24.9 Å². The molecule has 4 fully saturated rings. The number of rotatable bonds is 3. The van der Waals surface area contributed by atoms with Gasteiger partial charge in [-0.15, -0.1) is 0 Å². The lowest BCUT2D eigenvalue weighted by atomic mass is 9.44. The number of hydrogen-bond acceptors (Lipinski definition) is 7. The predicted molar refractivity (Wildman–Crippen MR) is 152 cm³/mol. The van der Waals surface area contributed by atoms with Crippen molar-refractivity contribution in [3.63, 3.8) is 0 Å². The van der Waals surface area contributed by atoms with Crippen molar-refractivity contribution in [3.8, 4) is 17.1 Å². The summed E-state index contributed by atoms with van der Waals surface area (Å²) in [5.74, 6) is 0.689. The van der Waals surface area contributed by atoms with Crippen LogP contribution in [-0.2, 0) is 14.8 Å². The molecule has 1 aromatic heterocycles. The molecule has 2 aliphatic heterocycles. The molecule has 3 aromatic rings. The number of hydrogen-bond donors (Lipinski definition) is 2. The molecule has 1 saturated heterocycles. The molecular formula is C30H33N5O4S. The van der Waals surface area contributed by atoms with Crippen LogP contribution in [0.1, 0.15) is 36.8 Å². The van der Waals surface area contributed by atoms with Gasteiger partial charge in [-0.3, -0.25) is 9.69 Å². The number of carbonyl (C=O) groups excluding carboxylic acids is 1. The van der Waals surface area contributed by atoms with E-state index in [1.54, 1.807) is 18.2 Å². The lowest BCUT2D eigenvalue weighted by molar-refractivity contribution is -0.139. The largest absolute Gasteiger partial charge is 0.473 e. The van der Waals surface area contributed by atoms with Crippen LogP contribution in [0, 0.1) is 31.1 Å². The summed E-state index contributed by atoms with van der Waals surface area (Å²) in [5.41, 5.74) is 4.35. The van der Waals surface area contributed by atoms with Gasteiger partial charge in [-0.25, -0.2) is 18.1 Å². The zero-order chi connectivity index (χ0) is 27.6. The minimum absolute atomic E-state index is 0.0117. The van der Waals surface area contributed by atoms with Crippen molar-refractivity contribution in [2.45, 2.75) is 50.5 Å². The molecule has 8 rings (SSSR count). The molecule has 40 heavy (non-hydrogen) atoms. The molecule has 1 amide bonds. The highest BCUT2D eigenvalue weighted by Gasteiger charge is 2.57. The molecule has 3 aliphatic carbocycles. The number of piperidine rings is 1. The number of likely N-dealkylation sites (tertiary alicyclic amines) is 1. The van der Waals surface area contributed by atoms with E-state index in [9.17, 15) is 13.2 Å². The number of fused-ring (bicyclic) bond motifs is 6. The summed E-state index contributed by atoms with van der Waals surface area (Å²) in [6.07, 6.45) is 4.12. The molecule has 208 valence electrons. The van der Waals surface area contributed by atoms with Crippen LogP contribution in [0.3, 0.4) is 0 Å². The molecule has 0 spiro atoms. The van der Waals surface area contributed by atoms with Crippen LogP contribution in [0.4, 0.5) is 11.6 Å². The molecule has 0 unspecified atom stereocenters. The normalized spacial score (nSPS) is 28.6. The fraction of sp³-hybridized carbons (Fsp3) is 0.433. The maximum Gasteiger partial charge on any atom is 0.264 e. The second-order valence-electron chi connectivity index (χ2n) is 12.1. The highest BCUT2D eigenvalue weighted by molar-refractivity contribution is 7.92. The van der Waals surface area contributed by atoms with Crippen LogP contribution in [0.25, 0.3) is 11.3 Å². The van der Waals surface area contributed by atoms with Crippen LogP contribution < -0.4 is 14.8 Å². The molecule has 3 saturated carbocycles. The van der Waals surface area contributed by atoms with Gasteiger partial charge in [-0.05, 0) is 80.2 Å². The van der Waals surface area contributed by atoms with E-state index in [0.29, 0.717) is 36.3 Å². The Hall–Kier alpha value is -3.50. The summed E-state index contributed by atoms with van der Waals surface area (Å²) >= 11 is 0. The zero-order valence-corrected chi connectivity index (χ0v) is 23.5. The van der Waals surface area contributed by atoms with Crippen LogP contribution in [0.5, 0.6) is 5.88 Å². The van der Waals surface area contributed by atoms with E-state index >= 15 is 0 Å². The van der Waals surface area contributed by atoms with E-state index in [1.165, 1.54) is 31.4 Å². The zero-order valence-electron chi connectivity index (χ0n) is 22.7. The van der Waals surface area contributed by atoms with Gasteiger partial charge in [0.25, 0.3) is 10.0 Å². The number of nitrogens with zero attached hydrogens (tertiary/aromatic N) is 3. The topological polar surface area (TPSA) is 114 Å². The first-order valence-corrected chi connectivity index (χ1v) is 15.4. The van der Waals surface area contributed by atoms with Crippen molar-refractivity contribution in [2.24, 2.45) is 17.3 Å². The summed E-state index contributed by atoms with van der Waals surface area (Å²) < 4.78 is 35.8. The van der Waals surface area contributed by atoms with Crippen molar-refractivity contribution in [3.05, 3.63) is 59.7 Å². The van der Waals surface area contributed by atoms with Crippen molar-refractivity contribution in [1.29, 1.82) is 0 Å². The third kappa shape index (κ3) is 4.62. The number of nitrogens with one attached hydrogen (secondary N) is 2. The highest BCUT2D eigenvalue weighted by atomic mass is 32.2. The molecular weight excluding hydrogens is 526 g/mol. The van der Waals surface area contributed by atoms with Gasteiger partial charge in [0.2, 0.25) is 17.7 Å². The van der Waals surface area contributed by atoms with Crippen molar-refractivity contribution >= 4 is 27.6 Å². The molecule has 10 heteroatoms. The minimum Gasteiger partial charge on any atom is -0.473 e. The lowest BCUT2D eigenvalue weighted by Crippen LogP contribution is -2.60. The third-order valence-electron chi connectivity index (χ3n) is 8.95. The first-order valence-electron chi connectivity index (χ1n) is 13.9. The number of amides is 1. The number of aromatic nitrogens is 2. The summed E-state index contributed by atoms with van der Waals surface area (Å²) in [7, 11) is -4.03. The summed E-state index contributed by atoms with van der Waals surface area (Å²) in [6.45, 7) is 6.32. The molecule has 3 heterocycles. The lowest BCUT2D eigenvalue weighted by Gasteiger charge is -2.63. The maximum atomic E-state index is 13.5. The molecule has 8 bridgehead atoms. The number of aryl methyl sites for hydroxylation is 2. The van der Waals surface area contributed by atoms with Gasteiger partial charge >= 0.3 is 0 Å². The predicted octanol–water partition coefficient (Wildman–Crippen LogP) is 4.38. The first kappa shape index (κ1) is 25.5. The molecule has 2 aromatic carbocycles. The van der Waals surface area contributed by atoms with E-state index in [4.69, 9.17) is 4.74 Å². The fourth-order valence-corrected chi connectivity index (χ4v) is 8.07. The van der Waals surface area contributed by atoms with Gasteiger partial charge in [0.15, 0.2) is 0 Å². The molecule has 9 nitrogen and oxygen atoms in total. The smallest absolute Gasteiger partial charge is 0.264 e. The van der Waals surface area contributed by atoms with Gasteiger partial charge in [0, 0.05) is 37.0 Å². The highest BCUT2D eigenvalue weighted by Crippen LogP contribution is 2.64. The average Bonchev–Trinajstić information content (AvgIpc) is 2.85. The Labute approximate surface area is 234 Å². The van der Waals surface area contributed by atoms with Crippen LogP contribution >= 0.6 is 0 Å². The van der Waals surface area contributed by atoms with Gasteiger partial charge in [-0.1, -0.05) is 24.3 Å². The third-order valence-corrected chi connectivity index (χ3v) is 10.3. The number of carbonyl (C=O) groups is 1. The molecule has 2 N–H and O–H groups in total. The number of ether oxygens (including phenoxy) is 1. The van der Waals surface area contributed by atoms with E-state index < -0.39 is 10.0 Å². The van der Waals surface area contributed by atoms with Gasteiger partial charge < -0.3 is 10.1 Å². The number of benzene rings is 2. The van der Waals surface area contributed by atoms with Gasteiger partial charge in [0.05, 0.1) is 16.5 Å². The quantitative estimate of drug-likeness (QED) is 0.490. The van der Waals surface area contributed by atoms with E-state index in [-0.39, 0.29) is 34.7 Å². The van der Waals surface area contributed by atoms with Gasteiger partial charge in [0.1, 0.15) is 6.10 Å². The van der Waals surface area contributed by atoms with Gasteiger partial charge in [-0.2, -0.15) is 4.98 Å². The Morgan fingerprint density at radius 1 is 1.02 bits per heavy atom. The maximum absolute atomic E-state index is 13.5. The number of anilines is 2. The van der Waals surface area contributed by atoms with Crippen LogP contribution in [-0.4, -0.2) is 54.9 Å². The minimum atomic E-state index is -4.03. The van der Waals surface area contributed by atoms with E-state index in [0.717, 1.165) is 29.2 Å². The van der Waals surface area contributed by atoms with Crippen LogP contribution in [0.15, 0.2) is 53.4 Å². The first-order chi connectivity index (χ1) is 19.1. The Kier molecular flexibility index (Phi) is 5.90. The monoisotopic (exact) mass is 559 g/mol. The Bertz CT molecular complexity index is 1590. The summed E-state index contributed by atoms with van der Waals surface area (Å²) in [6, 6.07) is 14.0. The van der Waals surface area contributed by atoms with Crippen molar-refractivity contribution < 1.29 is 17.9 Å². The fourth-order valence-electron chi connectivity index (χ4n) is 7.08. The van der Waals surface area contributed by atoms with Crippen molar-refractivity contribution in [2.75, 3.05) is 29.7 Å². The standard InChI is InChI=1S/C30H33N5O4S/c1-18-5-3-6-19(2)27(18)25-11-26-33-29(32-25)34-40(37,38)24-8-4-7-22(10-24)31-28(36)21-9-23(39-26)16-35(15-21)17-30-12-20(13-30)14-30/h3-8,10-11,20-21,23H,9,12-17H2,1-2H3,(H,31,36)(H,32,33,34)/t20?,21-,23+,30?/m1/s1. The molecule has 2 atom stereocenters. The Morgan fingerprint density at radius 2 is 1.77 bits per heavy atom. The second kappa shape index (κ2) is 9.27. The number of sulfonamides is 1. The average molecular weight is 560 g/mol. The SMILES string of the molecule is Cc1cccc(C)c1-c1cc2nc(n1)NS(=O)(=O)c1cccc(c1)NC(=O)[C@@H]1C[C@@H](CN(CC34CC(C3)C4)C1)O2. The van der Waals surface area contributed by atoms with Crippen LogP contribution in [0.2, 0.25) is 0 Å². The van der Waals surface area contributed by atoms with Crippen molar-refractivity contribution in [1.82, 2.24) is 14.9 Å². The second-order valence-corrected chi connectivity index (χ2v) is 13.8.